The zero-order valence-electron chi connectivity index (χ0n) is 20.6. The number of ether oxygens (including phenoxy) is 1. The average Bonchev–Trinajstić information content (AvgIpc) is 2.81. The number of aliphatic carboxylic acids is 1. The zero-order chi connectivity index (χ0) is 25.5. The van der Waals surface area contributed by atoms with E-state index in [-0.39, 0.29) is 37.0 Å². The molecule has 0 fully saturated rings. The molecule has 0 aliphatic heterocycles. The molecule has 1 aromatic heterocycles. The van der Waals surface area contributed by atoms with Gasteiger partial charge in [-0.3, -0.25) is 14.4 Å². The van der Waals surface area contributed by atoms with Gasteiger partial charge in [0, 0.05) is 29.5 Å². The van der Waals surface area contributed by atoms with Crippen LogP contribution in [0.2, 0.25) is 0 Å². The second-order valence-corrected chi connectivity index (χ2v) is 9.45. The predicted molar refractivity (Wildman–Crippen MR) is 131 cm³/mol. The van der Waals surface area contributed by atoms with Gasteiger partial charge in [0.2, 0.25) is 5.91 Å². The zero-order valence-corrected chi connectivity index (χ0v) is 20.6. The number of rotatable bonds is 11. The SMILES string of the molecule is Cc1c(OCC(=O)NC(CC(C)C)C(=O)NCCCC(=O)O)ccc2c3c(c(=O)oc12)CCCC3. The summed E-state index contributed by atoms with van der Waals surface area (Å²) in [5.74, 6) is -1.15. The predicted octanol–water partition coefficient (Wildman–Crippen LogP) is 2.87. The number of carbonyl (C=O) groups excluding carboxylic acids is 2. The molecule has 1 atom stereocenters. The molecule has 3 N–H and O–H groups in total. The smallest absolute Gasteiger partial charge is 0.339 e. The summed E-state index contributed by atoms with van der Waals surface area (Å²) in [6.45, 7) is 5.59. The third-order valence-electron chi connectivity index (χ3n) is 6.17. The van der Waals surface area contributed by atoms with Crippen molar-refractivity contribution in [3.8, 4) is 5.75 Å². The lowest BCUT2D eigenvalue weighted by Gasteiger charge is -2.21. The van der Waals surface area contributed by atoms with Crippen molar-refractivity contribution >= 4 is 28.8 Å². The maximum atomic E-state index is 12.6. The Hall–Kier alpha value is -3.36. The van der Waals surface area contributed by atoms with E-state index >= 15 is 0 Å². The van der Waals surface area contributed by atoms with E-state index in [1.54, 1.807) is 13.0 Å². The minimum Gasteiger partial charge on any atom is -0.483 e. The molecule has 1 unspecified atom stereocenters. The molecule has 0 saturated heterocycles. The van der Waals surface area contributed by atoms with E-state index in [1.807, 2.05) is 19.9 Å². The molecule has 0 radical (unpaired) electrons. The molecule has 1 aliphatic rings. The van der Waals surface area contributed by atoms with Crippen molar-refractivity contribution < 1.29 is 28.6 Å². The lowest BCUT2D eigenvalue weighted by molar-refractivity contribution is -0.137. The summed E-state index contributed by atoms with van der Waals surface area (Å²) >= 11 is 0. The molecule has 3 rings (SSSR count). The fourth-order valence-electron chi connectivity index (χ4n) is 4.44. The average molecular weight is 487 g/mol. The van der Waals surface area contributed by atoms with Crippen molar-refractivity contribution in [2.24, 2.45) is 5.92 Å². The first-order valence-corrected chi connectivity index (χ1v) is 12.2. The van der Waals surface area contributed by atoms with Gasteiger partial charge in [-0.25, -0.2) is 4.79 Å². The maximum absolute atomic E-state index is 12.6. The van der Waals surface area contributed by atoms with Crippen molar-refractivity contribution in [3.05, 3.63) is 39.2 Å². The van der Waals surface area contributed by atoms with Crippen LogP contribution in [-0.2, 0) is 27.2 Å². The maximum Gasteiger partial charge on any atom is 0.339 e. The first-order valence-electron chi connectivity index (χ1n) is 12.2. The minimum absolute atomic E-state index is 0.0383. The summed E-state index contributed by atoms with van der Waals surface area (Å²) in [6.07, 6.45) is 4.30. The van der Waals surface area contributed by atoms with E-state index < -0.39 is 17.9 Å². The molecule has 190 valence electrons. The number of hydrogen-bond acceptors (Lipinski definition) is 6. The molecule has 2 amide bonds. The van der Waals surface area contributed by atoms with E-state index in [2.05, 4.69) is 10.6 Å². The monoisotopic (exact) mass is 486 g/mol. The Balaban J connectivity index is 1.65. The van der Waals surface area contributed by atoms with Crippen LogP contribution in [0.1, 0.15) is 62.6 Å². The summed E-state index contributed by atoms with van der Waals surface area (Å²) in [6, 6.07) is 2.90. The molecule has 0 saturated carbocycles. The number of fused-ring (bicyclic) bond motifs is 3. The highest BCUT2D eigenvalue weighted by Crippen LogP contribution is 2.32. The number of carboxylic acid groups (broad SMARTS) is 1. The van der Waals surface area contributed by atoms with Crippen LogP contribution in [0.25, 0.3) is 11.0 Å². The highest BCUT2D eigenvalue weighted by molar-refractivity contribution is 5.89. The van der Waals surface area contributed by atoms with Crippen LogP contribution in [0.5, 0.6) is 5.75 Å². The topological polar surface area (TPSA) is 135 Å². The van der Waals surface area contributed by atoms with Gasteiger partial charge in [-0.1, -0.05) is 13.8 Å². The molecule has 0 bridgehead atoms. The largest absolute Gasteiger partial charge is 0.483 e. The van der Waals surface area contributed by atoms with Gasteiger partial charge in [0.25, 0.3) is 5.91 Å². The molecule has 35 heavy (non-hydrogen) atoms. The van der Waals surface area contributed by atoms with Crippen LogP contribution in [0.3, 0.4) is 0 Å². The van der Waals surface area contributed by atoms with Gasteiger partial charge in [-0.2, -0.15) is 0 Å². The van der Waals surface area contributed by atoms with Gasteiger partial charge >= 0.3 is 11.6 Å². The van der Waals surface area contributed by atoms with Crippen LogP contribution < -0.4 is 21.0 Å². The van der Waals surface area contributed by atoms with E-state index in [0.717, 1.165) is 42.2 Å². The van der Waals surface area contributed by atoms with Gasteiger partial charge < -0.3 is 24.9 Å². The van der Waals surface area contributed by atoms with Gasteiger partial charge in [0.05, 0.1) is 0 Å². The highest BCUT2D eigenvalue weighted by atomic mass is 16.5. The number of carboxylic acids is 1. The third-order valence-corrected chi connectivity index (χ3v) is 6.17. The third kappa shape index (κ3) is 6.83. The van der Waals surface area contributed by atoms with Crippen molar-refractivity contribution in [3.63, 3.8) is 0 Å². The molecular weight excluding hydrogens is 452 g/mol. The number of carbonyl (C=O) groups is 3. The van der Waals surface area contributed by atoms with Gasteiger partial charge in [-0.05, 0) is 69.1 Å². The normalized spacial score (nSPS) is 13.8. The molecule has 1 aromatic carbocycles. The Labute approximate surface area is 204 Å². The summed E-state index contributed by atoms with van der Waals surface area (Å²) in [5.41, 5.74) is 2.62. The minimum atomic E-state index is -0.924. The van der Waals surface area contributed by atoms with Crippen LogP contribution >= 0.6 is 0 Å². The summed E-state index contributed by atoms with van der Waals surface area (Å²) in [7, 11) is 0. The van der Waals surface area contributed by atoms with Crippen molar-refractivity contribution in [1.82, 2.24) is 10.6 Å². The Bertz CT molecular complexity index is 1150. The Morgan fingerprint density at radius 1 is 1.14 bits per heavy atom. The van der Waals surface area contributed by atoms with Crippen LogP contribution in [0.4, 0.5) is 0 Å². The fourth-order valence-corrected chi connectivity index (χ4v) is 4.44. The lowest BCUT2D eigenvalue weighted by Crippen LogP contribution is -2.48. The molecule has 2 aromatic rings. The quantitative estimate of drug-likeness (QED) is 0.328. The molecule has 9 heteroatoms. The summed E-state index contributed by atoms with van der Waals surface area (Å²) in [5, 5.41) is 15.0. The first kappa shape index (κ1) is 26.2. The Morgan fingerprint density at radius 2 is 1.86 bits per heavy atom. The molecule has 0 spiro atoms. The molecule has 9 nitrogen and oxygen atoms in total. The summed E-state index contributed by atoms with van der Waals surface area (Å²) in [4.78, 5) is 48.2. The van der Waals surface area contributed by atoms with Crippen LogP contribution in [0, 0.1) is 12.8 Å². The van der Waals surface area contributed by atoms with Gasteiger partial charge in [-0.15, -0.1) is 0 Å². The standard InChI is InChI=1S/C26H34N2O7/c1-15(2)13-20(25(32)27-12-6-9-23(30)31)28-22(29)14-34-21-11-10-18-17-7-4-5-8-19(17)26(33)35-24(18)16(21)3/h10-11,15,20H,4-9,12-14H2,1-3H3,(H,27,32)(H,28,29)(H,30,31). The van der Waals surface area contributed by atoms with Crippen molar-refractivity contribution in [2.45, 2.75) is 71.8 Å². The van der Waals surface area contributed by atoms with Crippen LogP contribution in [0.15, 0.2) is 21.3 Å². The van der Waals surface area contributed by atoms with E-state index in [9.17, 15) is 19.2 Å². The van der Waals surface area contributed by atoms with Gasteiger partial charge in [0.1, 0.15) is 17.4 Å². The van der Waals surface area contributed by atoms with Crippen LogP contribution in [-0.4, -0.2) is 42.1 Å². The number of benzene rings is 1. The number of hydrogen-bond donors (Lipinski definition) is 3. The lowest BCUT2D eigenvalue weighted by atomic mass is 9.90. The molecule has 1 aliphatic carbocycles. The second-order valence-electron chi connectivity index (χ2n) is 9.45. The Kier molecular flexibility index (Phi) is 8.89. The number of aryl methyl sites for hydroxylation is 2. The second kappa shape index (κ2) is 11.9. The van der Waals surface area contributed by atoms with E-state index in [4.69, 9.17) is 14.3 Å². The van der Waals surface area contributed by atoms with Crippen molar-refractivity contribution in [2.75, 3.05) is 13.2 Å². The number of nitrogens with one attached hydrogen (secondary N) is 2. The van der Waals surface area contributed by atoms with Gasteiger partial charge in [0.15, 0.2) is 6.61 Å². The number of amides is 2. The van der Waals surface area contributed by atoms with Crippen molar-refractivity contribution in [1.29, 1.82) is 0 Å². The van der Waals surface area contributed by atoms with E-state index in [0.29, 0.717) is 29.7 Å². The molecule has 1 heterocycles. The van der Waals surface area contributed by atoms with E-state index in [1.165, 1.54) is 0 Å². The molecular formula is C26H34N2O7. The fraction of sp³-hybridized carbons (Fsp3) is 0.538. The first-order chi connectivity index (χ1) is 16.7. The highest BCUT2D eigenvalue weighted by Gasteiger charge is 2.23. The Morgan fingerprint density at radius 3 is 2.54 bits per heavy atom. The summed E-state index contributed by atoms with van der Waals surface area (Å²) < 4.78 is 11.3.